The first kappa shape index (κ1) is 19.9. The molecule has 0 aliphatic carbocycles. The van der Waals surface area contributed by atoms with Crippen molar-refractivity contribution in [1.29, 1.82) is 0 Å². The summed E-state index contributed by atoms with van der Waals surface area (Å²) in [5.41, 5.74) is 8.64. The lowest BCUT2D eigenvalue weighted by molar-refractivity contribution is 0.0567. The van der Waals surface area contributed by atoms with Crippen molar-refractivity contribution in [2.45, 2.75) is 19.6 Å². The van der Waals surface area contributed by atoms with Crippen LogP contribution in [0.1, 0.15) is 23.2 Å². The fourth-order valence-electron chi connectivity index (χ4n) is 2.76. The Labute approximate surface area is 165 Å². The zero-order valence-electron chi connectivity index (χ0n) is 14.9. The lowest BCUT2D eigenvalue weighted by atomic mass is 9.99. The number of anilines is 1. The second-order valence-electron chi connectivity index (χ2n) is 5.94. The molecule has 0 bridgehead atoms. The SMILES string of the molecule is C=CCOCc1ccccc1Cc1cn(C(F)F)nc1-c1cc(Cl)nc(N)n1. The number of hydrogen-bond donors (Lipinski definition) is 1. The van der Waals surface area contributed by atoms with Crippen molar-refractivity contribution in [3.05, 3.63) is 71.0 Å². The molecular weight excluding hydrogens is 388 g/mol. The predicted molar refractivity (Wildman–Crippen MR) is 103 cm³/mol. The first-order chi connectivity index (χ1) is 13.5. The van der Waals surface area contributed by atoms with Gasteiger partial charge in [-0.2, -0.15) is 13.9 Å². The van der Waals surface area contributed by atoms with E-state index in [2.05, 4.69) is 21.6 Å². The molecule has 2 N–H and O–H groups in total. The van der Waals surface area contributed by atoms with Gasteiger partial charge in [-0.1, -0.05) is 41.9 Å². The van der Waals surface area contributed by atoms with E-state index in [-0.39, 0.29) is 22.5 Å². The number of rotatable bonds is 8. The molecule has 0 saturated carbocycles. The van der Waals surface area contributed by atoms with Crippen LogP contribution in [0.3, 0.4) is 0 Å². The van der Waals surface area contributed by atoms with E-state index in [1.807, 2.05) is 24.3 Å². The summed E-state index contributed by atoms with van der Waals surface area (Å²) in [5, 5.41) is 4.09. The van der Waals surface area contributed by atoms with Crippen LogP contribution < -0.4 is 5.73 Å². The quantitative estimate of drug-likeness (QED) is 0.344. The number of nitrogens with zero attached hydrogens (tertiary/aromatic N) is 4. The number of nitrogens with two attached hydrogens (primary N) is 1. The summed E-state index contributed by atoms with van der Waals surface area (Å²) in [7, 11) is 0. The van der Waals surface area contributed by atoms with Gasteiger partial charge in [0.05, 0.1) is 18.9 Å². The van der Waals surface area contributed by atoms with Gasteiger partial charge in [-0.15, -0.1) is 6.58 Å². The van der Waals surface area contributed by atoms with Crippen molar-refractivity contribution in [2.75, 3.05) is 12.3 Å². The van der Waals surface area contributed by atoms with Crippen LogP contribution in [-0.2, 0) is 17.8 Å². The van der Waals surface area contributed by atoms with Gasteiger partial charge in [0.15, 0.2) is 0 Å². The second kappa shape index (κ2) is 8.90. The Bertz CT molecular complexity index is 956. The molecule has 1 aromatic carbocycles. The van der Waals surface area contributed by atoms with Gasteiger partial charge in [-0.25, -0.2) is 14.6 Å². The number of halogens is 3. The predicted octanol–water partition coefficient (Wildman–Crippen LogP) is 4.26. The minimum Gasteiger partial charge on any atom is -0.373 e. The molecule has 146 valence electrons. The second-order valence-corrected chi connectivity index (χ2v) is 6.33. The summed E-state index contributed by atoms with van der Waals surface area (Å²) in [4.78, 5) is 7.88. The maximum absolute atomic E-state index is 13.2. The highest BCUT2D eigenvalue weighted by molar-refractivity contribution is 6.29. The number of benzene rings is 1. The smallest absolute Gasteiger partial charge is 0.333 e. The topological polar surface area (TPSA) is 78.8 Å². The number of hydrogen-bond acceptors (Lipinski definition) is 5. The maximum atomic E-state index is 13.2. The maximum Gasteiger partial charge on any atom is 0.333 e. The van der Waals surface area contributed by atoms with Gasteiger partial charge in [0.25, 0.3) is 0 Å². The molecular formula is C19H18ClF2N5O. The minimum absolute atomic E-state index is 0.0572. The van der Waals surface area contributed by atoms with E-state index in [0.717, 1.165) is 11.1 Å². The molecule has 0 fully saturated rings. The van der Waals surface area contributed by atoms with Crippen molar-refractivity contribution in [3.8, 4) is 11.4 Å². The van der Waals surface area contributed by atoms with Crippen molar-refractivity contribution < 1.29 is 13.5 Å². The minimum atomic E-state index is -2.78. The average molecular weight is 406 g/mol. The molecule has 3 aromatic rings. The van der Waals surface area contributed by atoms with E-state index in [1.165, 1.54) is 12.3 Å². The van der Waals surface area contributed by atoms with E-state index in [1.54, 1.807) is 6.08 Å². The largest absolute Gasteiger partial charge is 0.373 e. The third-order valence-electron chi connectivity index (χ3n) is 3.96. The number of nitrogen functional groups attached to an aromatic ring is 1. The molecule has 0 aliphatic heterocycles. The Hall–Kier alpha value is -2.84. The van der Waals surface area contributed by atoms with E-state index in [0.29, 0.717) is 29.9 Å². The molecule has 0 saturated heterocycles. The normalized spacial score (nSPS) is 11.1. The lowest BCUT2D eigenvalue weighted by Crippen LogP contribution is -2.01. The number of aromatic nitrogens is 4. The number of alkyl halides is 2. The molecule has 0 aliphatic rings. The van der Waals surface area contributed by atoms with Gasteiger partial charge >= 0.3 is 6.55 Å². The summed E-state index contributed by atoms with van der Waals surface area (Å²) >= 11 is 5.94. The fraction of sp³-hybridized carbons (Fsp3) is 0.211. The Morgan fingerprint density at radius 3 is 2.64 bits per heavy atom. The molecule has 2 heterocycles. The Kier molecular flexibility index (Phi) is 6.33. The van der Waals surface area contributed by atoms with Crippen LogP contribution in [0, 0.1) is 0 Å². The fourth-order valence-corrected chi connectivity index (χ4v) is 2.95. The third-order valence-corrected chi connectivity index (χ3v) is 4.15. The van der Waals surface area contributed by atoms with E-state index < -0.39 is 6.55 Å². The van der Waals surface area contributed by atoms with E-state index in [4.69, 9.17) is 22.1 Å². The van der Waals surface area contributed by atoms with Gasteiger partial charge in [0.1, 0.15) is 10.8 Å². The van der Waals surface area contributed by atoms with Crippen molar-refractivity contribution >= 4 is 17.5 Å². The molecule has 2 aromatic heterocycles. The molecule has 9 heteroatoms. The van der Waals surface area contributed by atoms with Crippen LogP contribution >= 0.6 is 11.6 Å². The lowest BCUT2D eigenvalue weighted by Gasteiger charge is -2.10. The summed E-state index contributed by atoms with van der Waals surface area (Å²) in [5.74, 6) is -0.0572. The van der Waals surface area contributed by atoms with Crippen LogP contribution in [0.15, 0.2) is 49.2 Å². The highest BCUT2D eigenvalue weighted by Crippen LogP contribution is 2.28. The molecule has 0 spiro atoms. The standard InChI is InChI=1S/C19H18ClF2N5O/c1-2-7-28-11-13-6-4-3-5-12(13)8-14-10-27(18(21)22)26-17(14)15-9-16(20)25-19(23)24-15/h2-6,9-10,18H,1,7-8,11H2,(H2,23,24,25). The van der Waals surface area contributed by atoms with Crippen molar-refractivity contribution in [1.82, 2.24) is 19.7 Å². The molecule has 0 amide bonds. The van der Waals surface area contributed by atoms with E-state index >= 15 is 0 Å². The van der Waals surface area contributed by atoms with Crippen molar-refractivity contribution in [2.24, 2.45) is 0 Å². The Morgan fingerprint density at radius 1 is 1.21 bits per heavy atom. The highest BCUT2D eigenvalue weighted by atomic mass is 35.5. The molecule has 28 heavy (non-hydrogen) atoms. The molecule has 0 unspecified atom stereocenters. The van der Waals surface area contributed by atoms with Crippen molar-refractivity contribution in [3.63, 3.8) is 0 Å². The van der Waals surface area contributed by atoms with Crippen LogP contribution in [0.25, 0.3) is 11.4 Å². The summed E-state index contributed by atoms with van der Waals surface area (Å²) in [6, 6.07) is 9.05. The Balaban J connectivity index is 1.99. The average Bonchev–Trinajstić information content (AvgIpc) is 3.07. The molecule has 0 atom stereocenters. The Morgan fingerprint density at radius 2 is 1.96 bits per heavy atom. The monoisotopic (exact) mass is 405 g/mol. The summed E-state index contributed by atoms with van der Waals surface area (Å²) in [6.45, 7) is 1.64. The zero-order valence-corrected chi connectivity index (χ0v) is 15.6. The zero-order chi connectivity index (χ0) is 20.1. The van der Waals surface area contributed by atoms with Crippen LogP contribution in [0.2, 0.25) is 5.15 Å². The van der Waals surface area contributed by atoms with Gasteiger partial charge in [-0.3, -0.25) is 0 Å². The first-order valence-electron chi connectivity index (χ1n) is 8.40. The van der Waals surface area contributed by atoms with Gasteiger partial charge in [0.2, 0.25) is 5.95 Å². The summed E-state index contributed by atoms with van der Waals surface area (Å²) < 4.78 is 32.6. The molecule has 3 rings (SSSR count). The van der Waals surface area contributed by atoms with Crippen LogP contribution in [0.5, 0.6) is 0 Å². The van der Waals surface area contributed by atoms with E-state index in [9.17, 15) is 8.78 Å². The highest BCUT2D eigenvalue weighted by Gasteiger charge is 2.19. The van der Waals surface area contributed by atoms with Crippen LogP contribution in [0.4, 0.5) is 14.7 Å². The molecule has 6 nitrogen and oxygen atoms in total. The first-order valence-corrected chi connectivity index (χ1v) is 8.77. The van der Waals surface area contributed by atoms with Gasteiger partial charge in [0, 0.05) is 24.2 Å². The third kappa shape index (κ3) is 4.71. The number of ether oxygens (including phenoxy) is 1. The van der Waals surface area contributed by atoms with Gasteiger partial charge in [-0.05, 0) is 11.1 Å². The van der Waals surface area contributed by atoms with Crippen LogP contribution in [-0.4, -0.2) is 26.4 Å². The summed E-state index contributed by atoms with van der Waals surface area (Å²) in [6.07, 6.45) is 3.32. The van der Waals surface area contributed by atoms with Gasteiger partial charge < -0.3 is 10.5 Å². The molecule has 0 radical (unpaired) electrons.